The average molecular weight is 320 g/mol. The van der Waals surface area contributed by atoms with Crippen LogP contribution in [0, 0.1) is 11.8 Å². The number of amides is 1. The van der Waals surface area contributed by atoms with Crippen molar-refractivity contribution in [3.63, 3.8) is 0 Å². The summed E-state index contributed by atoms with van der Waals surface area (Å²) in [6.07, 6.45) is 9.57. The van der Waals surface area contributed by atoms with Crippen molar-refractivity contribution in [2.75, 3.05) is 18.9 Å². The first-order valence-corrected chi connectivity index (χ1v) is 8.25. The Morgan fingerprint density at radius 3 is 2.33 bits per heavy atom. The van der Waals surface area contributed by atoms with Crippen LogP contribution in [0.5, 0.6) is 0 Å². The van der Waals surface area contributed by atoms with Crippen LogP contribution in [0.4, 0.5) is 4.79 Å². The number of alkyl halides is 1. The van der Waals surface area contributed by atoms with Gasteiger partial charge in [-0.2, -0.15) is 0 Å². The zero-order valence-electron chi connectivity index (χ0n) is 11.4. The number of unbranched alkanes of at least 4 members (excludes halogenated alkanes) is 2. The van der Waals surface area contributed by atoms with Crippen molar-refractivity contribution in [1.82, 2.24) is 4.90 Å². The van der Waals surface area contributed by atoms with Crippen molar-refractivity contribution in [3.8, 4) is 0 Å². The predicted octanol–water partition coefficient (Wildman–Crippen LogP) is 4.36. The summed E-state index contributed by atoms with van der Waals surface area (Å²) in [6.45, 7) is 0.714. The van der Waals surface area contributed by atoms with Crippen molar-refractivity contribution in [1.29, 1.82) is 0 Å². The van der Waals surface area contributed by atoms with Gasteiger partial charge in [0.1, 0.15) is 0 Å². The topological polar surface area (TPSA) is 40.5 Å². The Morgan fingerprint density at radius 1 is 1.17 bits per heavy atom. The van der Waals surface area contributed by atoms with Crippen LogP contribution in [0.2, 0.25) is 0 Å². The van der Waals surface area contributed by atoms with E-state index in [1.54, 1.807) is 7.05 Å². The summed E-state index contributed by atoms with van der Waals surface area (Å²) in [6, 6.07) is 0. The smallest absolute Gasteiger partial charge is 0.407 e. The first-order valence-electron chi connectivity index (χ1n) is 7.13. The van der Waals surface area contributed by atoms with Crippen LogP contribution >= 0.6 is 15.9 Å². The van der Waals surface area contributed by atoms with Crippen molar-refractivity contribution in [3.05, 3.63) is 0 Å². The molecule has 0 bridgehead atoms. The van der Waals surface area contributed by atoms with Gasteiger partial charge in [0.25, 0.3) is 0 Å². The normalized spacial score (nSPS) is 23.9. The Morgan fingerprint density at radius 2 is 1.78 bits per heavy atom. The zero-order valence-corrected chi connectivity index (χ0v) is 13.0. The molecule has 0 aromatic rings. The van der Waals surface area contributed by atoms with Crippen LogP contribution in [-0.2, 0) is 0 Å². The summed E-state index contributed by atoms with van der Waals surface area (Å²) >= 11 is 3.47. The van der Waals surface area contributed by atoms with Gasteiger partial charge in [-0.3, -0.25) is 0 Å². The summed E-state index contributed by atoms with van der Waals surface area (Å²) in [5.74, 6) is 1.48. The van der Waals surface area contributed by atoms with Crippen LogP contribution in [-0.4, -0.2) is 35.0 Å². The summed E-state index contributed by atoms with van der Waals surface area (Å²) < 4.78 is 0. The van der Waals surface area contributed by atoms with E-state index in [1.165, 1.54) is 56.3 Å². The Kier molecular flexibility index (Phi) is 7.71. The monoisotopic (exact) mass is 319 g/mol. The van der Waals surface area contributed by atoms with Gasteiger partial charge >= 0.3 is 6.09 Å². The predicted molar refractivity (Wildman–Crippen MR) is 78.4 cm³/mol. The van der Waals surface area contributed by atoms with Crippen LogP contribution in [0.15, 0.2) is 0 Å². The Labute approximate surface area is 119 Å². The van der Waals surface area contributed by atoms with Crippen LogP contribution in [0.3, 0.4) is 0 Å². The standard InChI is InChI=1S/C14H26BrNO2/c1-16(14(17)18)11-13-8-6-12(7-9-13)5-3-2-4-10-15/h12-13H,2-11H2,1H3,(H,17,18). The Bertz CT molecular complexity index is 240. The summed E-state index contributed by atoms with van der Waals surface area (Å²) in [7, 11) is 1.68. The van der Waals surface area contributed by atoms with Gasteiger partial charge in [0, 0.05) is 18.9 Å². The van der Waals surface area contributed by atoms with Gasteiger partial charge in [0.05, 0.1) is 0 Å². The molecule has 106 valence electrons. The van der Waals surface area contributed by atoms with Crippen molar-refractivity contribution in [2.24, 2.45) is 11.8 Å². The van der Waals surface area contributed by atoms with Crippen LogP contribution in [0.25, 0.3) is 0 Å². The van der Waals surface area contributed by atoms with Crippen molar-refractivity contribution >= 4 is 22.0 Å². The SMILES string of the molecule is CN(CC1CCC(CCCCCBr)CC1)C(=O)O. The molecule has 0 radical (unpaired) electrons. The van der Waals surface area contributed by atoms with Gasteiger partial charge in [-0.05, 0) is 31.1 Å². The molecule has 1 amide bonds. The number of carboxylic acid groups (broad SMARTS) is 1. The van der Waals surface area contributed by atoms with Gasteiger partial charge in [0.15, 0.2) is 0 Å². The van der Waals surface area contributed by atoms with E-state index >= 15 is 0 Å². The van der Waals surface area contributed by atoms with Gasteiger partial charge in [-0.25, -0.2) is 4.79 Å². The van der Waals surface area contributed by atoms with Crippen molar-refractivity contribution < 1.29 is 9.90 Å². The number of hydrogen-bond acceptors (Lipinski definition) is 1. The maximum atomic E-state index is 10.8. The van der Waals surface area contributed by atoms with E-state index in [-0.39, 0.29) is 0 Å². The quantitative estimate of drug-likeness (QED) is 0.559. The lowest BCUT2D eigenvalue weighted by molar-refractivity contribution is 0.138. The number of rotatable bonds is 7. The molecule has 0 aromatic carbocycles. The van der Waals surface area contributed by atoms with E-state index < -0.39 is 6.09 Å². The highest BCUT2D eigenvalue weighted by Gasteiger charge is 2.22. The molecule has 0 unspecified atom stereocenters. The molecule has 1 aliphatic carbocycles. The van der Waals surface area contributed by atoms with Gasteiger partial charge in [0.2, 0.25) is 0 Å². The second kappa shape index (κ2) is 8.78. The van der Waals surface area contributed by atoms with Crippen LogP contribution < -0.4 is 0 Å². The van der Waals surface area contributed by atoms with E-state index in [4.69, 9.17) is 5.11 Å². The molecule has 0 aromatic heterocycles. The highest BCUT2D eigenvalue weighted by Crippen LogP contribution is 2.32. The third-order valence-electron chi connectivity index (χ3n) is 4.07. The lowest BCUT2D eigenvalue weighted by Gasteiger charge is -2.30. The molecule has 18 heavy (non-hydrogen) atoms. The molecule has 1 fully saturated rings. The second-order valence-electron chi connectivity index (χ2n) is 5.59. The molecular weight excluding hydrogens is 294 g/mol. The number of nitrogens with zero attached hydrogens (tertiary/aromatic N) is 1. The zero-order chi connectivity index (χ0) is 13.4. The molecule has 0 aliphatic heterocycles. The van der Waals surface area contributed by atoms with Gasteiger partial charge in [-0.15, -0.1) is 0 Å². The molecule has 1 aliphatic rings. The van der Waals surface area contributed by atoms with E-state index in [0.717, 1.165) is 11.2 Å². The van der Waals surface area contributed by atoms with E-state index in [1.807, 2.05) is 0 Å². The first-order chi connectivity index (χ1) is 8.63. The minimum atomic E-state index is -0.799. The highest BCUT2D eigenvalue weighted by molar-refractivity contribution is 9.09. The fraction of sp³-hybridized carbons (Fsp3) is 0.929. The molecule has 0 atom stereocenters. The maximum Gasteiger partial charge on any atom is 0.407 e. The number of halogens is 1. The summed E-state index contributed by atoms with van der Waals surface area (Å²) in [5, 5.41) is 9.98. The number of carbonyl (C=O) groups is 1. The largest absolute Gasteiger partial charge is 0.465 e. The average Bonchev–Trinajstić information content (AvgIpc) is 2.36. The van der Waals surface area contributed by atoms with Gasteiger partial charge < -0.3 is 10.0 Å². The van der Waals surface area contributed by atoms with Crippen molar-refractivity contribution in [2.45, 2.75) is 51.4 Å². The maximum absolute atomic E-state index is 10.8. The molecule has 0 saturated heterocycles. The first kappa shape index (κ1) is 15.8. The molecule has 0 spiro atoms. The third-order valence-corrected chi connectivity index (χ3v) is 4.63. The van der Waals surface area contributed by atoms with Crippen LogP contribution in [0.1, 0.15) is 51.4 Å². The highest BCUT2D eigenvalue weighted by atomic mass is 79.9. The molecule has 4 heteroatoms. The lowest BCUT2D eigenvalue weighted by Crippen LogP contribution is -2.32. The van der Waals surface area contributed by atoms with E-state index in [0.29, 0.717) is 12.5 Å². The fourth-order valence-electron chi connectivity index (χ4n) is 2.87. The summed E-state index contributed by atoms with van der Waals surface area (Å²) in [4.78, 5) is 12.2. The Balaban J connectivity index is 2.11. The molecule has 1 saturated carbocycles. The molecule has 1 N–H and O–H groups in total. The molecule has 0 heterocycles. The lowest BCUT2D eigenvalue weighted by atomic mass is 9.79. The van der Waals surface area contributed by atoms with E-state index in [9.17, 15) is 4.79 Å². The Hall–Kier alpha value is -0.250. The van der Waals surface area contributed by atoms with E-state index in [2.05, 4.69) is 15.9 Å². The van der Waals surface area contributed by atoms with Gasteiger partial charge in [-0.1, -0.05) is 48.0 Å². The fourth-order valence-corrected chi connectivity index (χ4v) is 3.27. The number of hydrogen-bond donors (Lipinski definition) is 1. The minimum Gasteiger partial charge on any atom is -0.465 e. The third kappa shape index (κ3) is 6.07. The molecule has 1 rings (SSSR count). The second-order valence-corrected chi connectivity index (χ2v) is 6.38. The molecular formula is C14H26BrNO2. The summed E-state index contributed by atoms with van der Waals surface area (Å²) in [5.41, 5.74) is 0. The molecule has 3 nitrogen and oxygen atoms in total. The minimum absolute atomic E-state index is 0.588.